The second-order valence-electron chi connectivity index (χ2n) is 4.43. The topological polar surface area (TPSA) is 72.0 Å². The molecule has 1 aliphatic rings. The summed E-state index contributed by atoms with van der Waals surface area (Å²) < 4.78 is 0. The zero-order valence-electron chi connectivity index (χ0n) is 10.5. The standard InChI is InChI=1S/C15H11N3O2/c19-14-8-11(15(20)18-14)7-10-4-5-13(17-9-10)12-3-1-2-6-16-12/h1-6,8-9H,7H2,(H,18,19,20). The quantitative estimate of drug-likeness (QED) is 0.848. The molecule has 5 heteroatoms. The number of nitrogens with one attached hydrogen (secondary N) is 1. The van der Waals surface area contributed by atoms with E-state index in [-0.39, 0.29) is 11.8 Å². The van der Waals surface area contributed by atoms with Gasteiger partial charge >= 0.3 is 0 Å². The fourth-order valence-corrected chi connectivity index (χ4v) is 2.00. The Morgan fingerprint density at radius 3 is 2.45 bits per heavy atom. The molecule has 5 nitrogen and oxygen atoms in total. The summed E-state index contributed by atoms with van der Waals surface area (Å²) in [7, 11) is 0. The minimum Gasteiger partial charge on any atom is -0.289 e. The SMILES string of the molecule is O=C1C=C(Cc2ccc(-c3ccccn3)nc2)C(=O)N1. The molecule has 2 aromatic heterocycles. The maximum absolute atomic E-state index is 11.4. The van der Waals surface area contributed by atoms with Crippen molar-refractivity contribution in [2.75, 3.05) is 0 Å². The van der Waals surface area contributed by atoms with Crippen LogP contribution in [0.4, 0.5) is 0 Å². The van der Waals surface area contributed by atoms with E-state index in [2.05, 4.69) is 15.3 Å². The van der Waals surface area contributed by atoms with Gasteiger partial charge in [-0.05, 0) is 23.8 Å². The van der Waals surface area contributed by atoms with Crippen LogP contribution in [0.3, 0.4) is 0 Å². The minimum atomic E-state index is -0.358. The third kappa shape index (κ3) is 2.47. The van der Waals surface area contributed by atoms with Crippen LogP contribution in [0.5, 0.6) is 0 Å². The Bertz CT molecular complexity index is 691. The maximum Gasteiger partial charge on any atom is 0.254 e. The van der Waals surface area contributed by atoms with Crippen LogP contribution in [-0.2, 0) is 16.0 Å². The van der Waals surface area contributed by atoms with E-state index in [0.29, 0.717) is 12.0 Å². The van der Waals surface area contributed by atoms with Crippen LogP contribution in [-0.4, -0.2) is 21.8 Å². The third-order valence-corrected chi connectivity index (χ3v) is 2.98. The zero-order valence-corrected chi connectivity index (χ0v) is 10.5. The summed E-state index contributed by atoms with van der Waals surface area (Å²) in [5.74, 6) is -0.688. The van der Waals surface area contributed by atoms with Crippen molar-refractivity contribution in [3.05, 3.63) is 59.9 Å². The van der Waals surface area contributed by atoms with Crippen molar-refractivity contribution in [2.24, 2.45) is 0 Å². The zero-order chi connectivity index (χ0) is 13.9. The van der Waals surface area contributed by atoms with E-state index in [1.165, 1.54) is 6.08 Å². The maximum atomic E-state index is 11.4. The molecule has 20 heavy (non-hydrogen) atoms. The van der Waals surface area contributed by atoms with E-state index in [9.17, 15) is 9.59 Å². The molecule has 0 aromatic carbocycles. The first-order valence-corrected chi connectivity index (χ1v) is 6.14. The highest BCUT2D eigenvalue weighted by molar-refractivity contribution is 6.16. The number of amides is 2. The van der Waals surface area contributed by atoms with Crippen LogP contribution in [0.25, 0.3) is 11.4 Å². The van der Waals surface area contributed by atoms with Crippen LogP contribution >= 0.6 is 0 Å². The van der Waals surface area contributed by atoms with Crippen molar-refractivity contribution in [1.82, 2.24) is 15.3 Å². The highest BCUT2D eigenvalue weighted by Crippen LogP contribution is 2.16. The summed E-state index contributed by atoms with van der Waals surface area (Å²) in [6.07, 6.45) is 5.13. The monoisotopic (exact) mass is 265 g/mol. The number of imide groups is 1. The second-order valence-corrected chi connectivity index (χ2v) is 4.43. The molecule has 0 bridgehead atoms. The van der Waals surface area contributed by atoms with E-state index in [4.69, 9.17) is 0 Å². The van der Waals surface area contributed by atoms with Gasteiger partial charge in [0.25, 0.3) is 11.8 Å². The molecule has 98 valence electrons. The average molecular weight is 265 g/mol. The van der Waals surface area contributed by atoms with Gasteiger partial charge in [-0.1, -0.05) is 12.1 Å². The lowest BCUT2D eigenvalue weighted by atomic mass is 10.1. The molecule has 0 spiro atoms. The average Bonchev–Trinajstić information content (AvgIpc) is 2.79. The fourth-order valence-electron chi connectivity index (χ4n) is 2.00. The van der Waals surface area contributed by atoms with Crippen molar-refractivity contribution in [3.8, 4) is 11.4 Å². The first-order chi connectivity index (χ1) is 9.72. The third-order valence-electron chi connectivity index (χ3n) is 2.98. The number of carbonyl (C=O) groups is 2. The highest BCUT2D eigenvalue weighted by atomic mass is 16.2. The van der Waals surface area contributed by atoms with Crippen molar-refractivity contribution in [3.63, 3.8) is 0 Å². The van der Waals surface area contributed by atoms with Gasteiger partial charge < -0.3 is 0 Å². The number of hydrogen-bond acceptors (Lipinski definition) is 4. The lowest BCUT2D eigenvalue weighted by Gasteiger charge is -2.03. The van der Waals surface area contributed by atoms with E-state index in [0.717, 1.165) is 17.0 Å². The van der Waals surface area contributed by atoms with Crippen LogP contribution in [0.1, 0.15) is 5.56 Å². The summed E-state index contributed by atoms with van der Waals surface area (Å²) in [4.78, 5) is 31.1. The Morgan fingerprint density at radius 1 is 1.00 bits per heavy atom. The van der Waals surface area contributed by atoms with Crippen molar-refractivity contribution >= 4 is 11.8 Å². The van der Waals surface area contributed by atoms with Gasteiger partial charge in [-0.25, -0.2) is 0 Å². The molecule has 0 saturated carbocycles. The summed E-state index contributed by atoms with van der Waals surface area (Å²) in [6.45, 7) is 0. The van der Waals surface area contributed by atoms with Crippen molar-refractivity contribution < 1.29 is 9.59 Å². The number of nitrogens with zero attached hydrogens (tertiary/aromatic N) is 2. The predicted octanol–water partition coefficient (Wildman–Crippen LogP) is 1.27. The minimum absolute atomic E-state index is 0.330. The number of hydrogen-bond donors (Lipinski definition) is 1. The molecule has 3 rings (SSSR count). The normalized spacial score (nSPS) is 14.1. The van der Waals surface area contributed by atoms with E-state index in [1.54, 1.807) is 12.4 Å². The Hall–Kier alpha value is -2.82. The second kappa shape index (κ2) is 5.05. The summed E-state index contributed by atoms with van der Waals surface area (Å²) >= 11 is 0. The van der Waals surface area contributed by atoms with Gasteiger partial charge in [-0.15, -0.1) is 0 Å². The van der Waals surface area contributed by atoms with Crippen LogP contribution < -0.4 is 5.32 Å². The summed E-state index contributed by atoms with van der Waals surface area (Å²) in [5, 5.41) is 2.22. The molecular formula is C15H11N3O2. The van der Waals surface area contributed by atoms with Crippen molar-refractivity contribution in [1.29, 1.82) is 0 Å². The van der Waals surface area contributed by atoms with Crippen molar-refractivity contribution in [2.45, 2.75) is 6.42 Å². The lowest BCUT2D eigenvalue weighted by Crippen LogP contribution is -2.22. The Labute approximate surface area is 115 Å². The van der Waals surface area contributed by atoms with E-state index in [1.807, 2.05) is 30.3 Å². The van der Waals surface area contributed by atoms with Crippen LogP contribution in [0.15, 0.2) is 54.4 Å². The Balaban J connectivity index is 1.79. The Morgan fingerprint density at radius 2 is 1.85 bits per heavy atom. The lowest BCUT2D eigenvalue weighted by molar-refractivity contribution is -0.123. The first-order valence-electron chi connectivity index (χ1n) is 6.14. The van der Waals surface area contributed by atoms with Gasteiger partial charge in [-0.3, -0.25) is 24.9 Å². The molecule has 3 heterocycles. The Kier molecular flexibility index (Phi) is 3.09. The van der Waals surface area contributed by atoms with Gasteiger partial charge in [0.15, 0.2) is 0 Å². The molecule has 0 aliphatic carbocycles. The van der Waals surface area contributed by atoms with Gasteiger partial charge in [0.2, 0.25) is 0 Å². The molecule has 0 radical (unpaired) electrons. The van der Waals surface area contributed by atoms with Gasteiger partial charge in [0.05, 0.1) is 11.4 Å². The first kappa shape index (κ1) is 12.2. The molecule has 2 aromatic rings. The van der Waals surface area contributed by atoms with Crippen LogP contribution in [0, 0.1) is 0 Å². The van der Waals surface area contributed by atoms with Gasteiger partial charge in [-0.2, -0.15) is 0 Å². The summed E-state index contributed by atoms with van der Waals surface area (Å²) in [5.41, 5.74) is 2.91. The molecule has 0 fully saturated rings. The van der Waals surface area contributed by atoms with Crippen LogP contribution in [0.2, 0.25) is 0 Å². The largest absolute Gasteiger partial charge is 0.289 e. The number of carbonyl (C=O) groups excluding carboxylic acids is 2. The molecule has 1 aliphatic heterocycles. The van der Waals surface area contributed by atoms with Gasteiger partial charge in [0.1, 0.15) is 0 Å². The number of pyridine rings is 2. The smallest absolute Gasteiger partial charge is 0.254 e. The molecule has 0 unspecified atom stereocenters. The highest BCUT2D eigenvalue weighted by Gasteiger charge is 2.20. The molecule has 0 saturated heterocycles. The number of rotatable bonds is 3. The van der Waals surface area contributed by atoms with E-state index < -0.39 is 0 Å². The molecule has 1 N–H and O–H groups in total. The summed E-state index contributed by atoms with van der Waals surface area (Å²) in [6, 6.07) is 9.37. The molecule has 0 atom stereocenters. The molecular weight excluding hydrogens is 254 g/mol. The predicted molar refractivity (Wildman–Crippen MR) is 72.4 cm³/mol. The molecule has 2 amide bonds. The number of aromatic nitrogens is 2. The van der Waals surface area contributed by atoms with E-state index >= 15 is 0 Å². The van der Waals surface area contributed by atoms with Gasteiger partial charge in [0, 0.05) is 30.5 Å². The fraction of sp³-hybridized carbons (Fsp3) is 0.0667.